The summed E-state index contributed by atoms with van der Waals surface area (Å²) in [5.74, 6) is -0.255. The van der Waals surface area contributed by atoms with Gasteiger partial charge in [-0.25, -0.2) is 0 Å². The molecule has 3 rings (SSSR count). The van der Waals surface area contributed by atoms with Gasteiger partial charge in [-0.1, -0.05) is 61.6 Å². The van der Waals surface area contributed by atoms with E-state index in [1.807, 2.05) is 31.2 Å². The van der Waals surface area contributed by atoms with Crippen molar-refractivity contribution in [3.8, 4) is 0 Å². The van der Waals surface area contributed by atoms with Crippen LogP contribution in [0.2, 0.25) is 0 Å². The molecule has 0 spiro atoms. The van der Waals surface area contributed by atoms with Crippen molar-refractivity contribution in [2.24, 2.45) is 0 Å². The largest absolute Gasteiger partial charge is 0.349 e. The Labute approximate surface area is 161 Å². The van der Waals surface area contributed by atoms with Gasteiger partial charge in [0.15, 0.2) is 0 Å². The normalized spacial score (nSPS) is 15.0. The van der Waals surface area contributed by atoms with E-state index >= 15 is 0 Å². The Kier molecular flexibility index (Phi) is 6.64. The Morgan fingerprint density at radius 3 is 2.19 bits per heavy atom. The van der Waals surface area contributed by atoms with Crippen LogP contribution in [0.5, 0.6) is 0 Å². The van der Waals surface area contributed by atoms with Crippen LogP contribution in [0.3, 0.4) is 0 Å². The van der Waals surface area contributed by atoms with E-state index in [-0.39, 0.29) is 17.9 Å². The summed E-state index contributed by atoms with van der Waals surface area (Å²) in [4.78, 5) is 25.0. The number of aryl methyl sites for hydroxylation is 1. The van der Waals surface area contributed by atoms with Gasteiger partial charge < -0.3 is 10.6 Å². The molecule has 0 aromatic heterocycles. The molecular formula is C23H28N2O2. The molecule has 0 saturated heterocycles. The van der Waals surface area contributed by atoms with Crippen molar-refractivity contribution in [3.63, 3.8) is 0 Å². The molecule has 2 amide bonds. The molecule has 27 heavy (non-hydrogen) atoms. The summed E-state index contributed by atoms with van der Waals surface area (Å²) in [6, 6.07) is 15.3. The second-order valence-corrected chi connectivity index (χ2v) is 7.41. The molecule has 2 N–H and O–H groups in total. The fourth-order valence-electron chi connectivity index (χ4n) is 3.48. The smallest absolute Gasteiger partial charge is 0.251 e. The third kappa shape index (κ3) is 5.68. The van der Waals surface area contributed by atoms with Crippen molar-refractivity contribution in [1.29, 1.82) is 0 Å². The van der Waals surface area contributed by atoms with Crippen LogP contribution < -0.4 is 10.6 Å². The Morgan fingerprint density at radius 1 is 0.889 bits per heavy atom. The fourth-order valence-corrected chi connectivity index (χ4v) is 3.48. The highest BCUT2D eigenvalue weighted by molar-refractivity contribution is 5.99. The lowest BCUT2D eigenvalue weighted by Crippen LogP contribution is -2.34. The summed E-state index contributed by atoms with van der Waals surface area (Å²) >= 11 is 0. The number of benzene rings is 2. The standard InChI is InChI=1S/C23H28N2O2/c1-17-11-13-18(14-12-17)16-24-22(26)19-7-6-8-20(15-19)23(27)25-21-9-4-2-3-5-10-21/h6-8,11-15,21H,2-5,9-10,16H2,1H3,(H,24,26)(H,25,27). The quantitative estimate of drug-likeness (QED) is 0.774. The first-order chi connectivity index (χ1) is 13.1. The third-order valence-electron chi connectivity index (χ3n) is 5.15. The maximum absolute atomic E-state index is 12.6. The average molecular weight is 364 g/mol. The van der Waals surface area contributed by atoms with Crippen molar-refractivity contribution in [2.45, 2.75) is 58.0 Å². The van der Waals surface area contributed by atoms with Crippen LogP contribution in [-0.2, 0) is 6.54 Å². The minimum atomic E-state index is -0.167. The summed E-state index contributed by atoms with van der Waals surface area (Å²) < 4.78 is 0. The summed E-state index contributed by atoms with van der Waals surface area (Å²) in [6.45, 7) is 2.51. The topological polar surface area (TPSA) is 58.2 Å². The number of amides is 2. The predicted octanol–water partition coefficient (Wildman–Crippen LogP) is 4.38. The van der Waals surface area contributed by atoms with Crippen LogP contribution in [0, 0.1) is 6.92 Å². The van der Waals surface area contributed by atoms with Gasteiger partial charge >= 0.3 is 0 Å². The van der Waals surface area contributed by atoms with Gasteiger partial charge in [-0.15, -0.1) is 0 Å². The van der Waals surface area contributed by atoms with E-state index in [0.717, 1.165) is 18.4 Å². The van der Waals surface area contributed by atoms with Crippen molar-refractivity contribution >= 4 is 11.8 Å². The van der Waals surface area contributed by atoms with Crippen LogP contribution in [0.4, 0.5) is 0 Å². The van der Waals surface area contributed by atoms with Crippen molar-refractivity contribution < 1.29 is 9.59 Å². The molecule has 0 bridgehead atoms. The molecule has 4 nitrogen and oxygen atoms in total. The Hall–Kier alpha value is -2.62. The molecule has 2 aromatic carbocycles. The van der Waals surface area contributed by atoms with E-state index in [4.69, 9.17) is 0 Å². The van der Waals surface area contributed by atoms with Gasteiger partial charge in [0, 0.05) is 23.7 Å². The molecular weight excluding hydrogens is 336 g/mol. The summed E-state index contributed by atoms with van der Waals surface area (Å²) in [6.07, 6.45) is 6.94. The lowest BCUT2D eigenvalue weighted by atomic mass is 10.1. The predicted molar refractivity (Wildman–Crippen MR) is 108 cm³/mol. The number of carbonyl (C=O) groups is 2. The van der Waals surface area contributed by atoms with Crippen LogP contribution >= 0.6 is 0 Å². The highest BCUT2D eigenvalue weighted by Crippen LogP contribution is 2.18. The lowest BCUT2D eigenvalue weighted by molar-refractivity contribution is 0.0933. The van der Waals surface area contributed by atoms with E-state index in [2.05, 4.69) is 10.6 Å². The highest BCUT2D eigenvalue weighted by Gasteiger charge is 2.16. The maximum Gasteiger partial charge on any atom is 0.251 e. The van der Waals surface area contributed by atoms with Crippen LogP contribution in [0.1, 0.15) is 70.4 Å². The SMILES string of the molecule is Cc1ccc(CNC(=O)c2cccc(C(=O)NC3CCCCCC3)c2)cc1. The minimum Gasteiger partial charge on any atom is -0.349 e. The second-order valence-electron chi connectivity index (χ2n) is 7.41. The van der Waals surface area contributed by atoms with Gasteiger partial charge in [0.1, 0.15) is 0 Å². The molecule has 1 aliphatic rings. The van der Waals surface area contributed by atoms with Gasteiger partial charge in [0.25, 0.3) is 11.8 Å². The molecule has 1 fully saturated rings. The van der Waals surface area contributed by atoms with Crippen molar-refractivity contribution in [2.75, 3.05) is 0 Å². The van der Waals surface area contributed by atoms with Crippen LogP contribution in [-0.4, -0.2) is 17.9 Å². The monoisotopic (exact) mass is 364 g/mol. The van der Waals surface area contributed by atoms with Crippen LogP contribution in [0.15, 0.2) is 48.5 Å². The molecule has 0 heterocycles. The molecule has 0 aliphatic heterocycles. The van der Waals surface area contributed by atoms with E-state index < -0.39 is 0 Å². The first-order valence-electron chi connectivity index (χ1n) is 9.86. The summed E-state index contributed by atoms with van der Waals surface area (Å²) in [7, 11) is 0. The van der Waals surface area contributed by atoms with Gasteiger partial charge in [0.05, 0.1) is 0 Å². The van der Waals surface area contributed by atoms with Gasteiger partial charge in [-0.05, 0) is 43.5 Å². The molecule has 0 radical (unpaired) electrons. The number of hydrogen-bond acceptors (Lipinski definition) is 2. The fraction of sp³-hybridized carbons (Fsp3) is 0.391. The van der Waals surface area contributed by atoms with Gasteiger partial charge in [-0.3, -0.25) is 9.59 Å². The summed E-state index contributed by atoms with van der Waals surface area (Å²) in [5, 5.41) is 6.05. The molecule has 1 saturated carbocycles. The lowest BCUT2D eigenvalue weighted by Gasteiger charge is -2.16. The Bertz CT molecular complexity index is 775. The Morgan fingerprint density at radius 2 is 1.52 bits per heavy atom. The number of rotatable bonds is 5. The first-order valence-corrected chi connectivity index (χ1v) is 9.86. The van der Waals surface area contributed by atoms with Gasteiger partial charge in [-0.2, -0.15) is 0 Å². The zero-order valence-corrected chi connectivity index (χ0v) is 16.0. The average Bonchev–Trinajstić information content (AvgIpc) is 2.96. The molecule has 0 unspecified atom stereocenters. The number of carbonyl (C=O) groups excluding carboxylic acids is 2. The number of nitrogens with one attached hydrogen (secondary N) is 2. The van der Waals surface area contributed by atoms with Crippen molar-refractivity contribution in [3.05, 3.63) is 70.8 Å². The zero-order chi connectivity index (χ0) is 19.1. The first kappa shape index (κ1) is 19.2. The summed E-state index contributed by atoms with van der Waals surface area (Å²) in [5.41, 5.74) is 3.30. The van der Waals surface area contributed by atoms with Crippen molar-refractivity contribution in [1.82, 2.24) is 10.6 Å². The molecule has 0 atom stereocenters. The van der Waals surface area contributed by atoms with Crippen LogP contribution in [0.25, 0.3) is 0 Å². The highest BCUT2D eigenvalue weighted by atomic mass is 16.2. The maximum atomic E-state index is 12.6. The van der Waals surface area contributed by atoms with E-state index in [0.29, 0.717) is 17.7 Å². The van der Waals surface area contributed by atoms with E-state index in [1.54, 1.807) is 24.3 Å². The molecule has 142 valence electrons. The zero-order valence-electron chi connectivity index (χ0n) is 16.0. The number of hydrogen-bond donors (Lipinski definition) is 2. The third-order valence-corrected chi connectivity index (χ3v) is 5.15. The van der Waals surface area contributed by atoms with E-state index in [9.17, 15) is 9.59 Å². The minimum absolute atomic E-state index is 0.0879. The second kappa shape index (κ2) is 9.36. The van der Waals surface area contributed by atoms with E-state index in [1.165, 1.54) is 31.2 Å². The molecule has 1 aliphatic carbocycles. The molecule has 4 heteroatoms. The molecule has 2 aromatic rings. The van der Waals surface area contributed by atoms with Gasteiger partial charge in [0.2, 0.25) is 0 Å². The Balaban J connectivity index is 1.59.